The third-order valence-corrected chi connectivity index (χ3v) is 6.63. The van der Waals surface area contributed by atoms with E-state index in [0.717, 1.165) is 44.1 Å². The summed E-state index contributed by atoms with van der Waals surface area (Å²) in [4.78, 5) is 47.4. The van der Waals surface area contributed by atoms with Gasteiger partial charge in [0.1, 0.15) is 17.3 Å². The summed E-state index contributed by atoms with van der Waals surface area (Å²) < 4.78 is 24.2. The second kappa shape index (κ2) is 15.2. The molecule has 216 valence electrons. The van der Waals surface area contributed by atoms with Crippen LogP contribution >= 0.6 is 0 Å². The van der Waals surface area contributed by atoms with Crippen LogP contribution in [0.25, 0.3) is 11.6 Å². The van der Waals surface area contributed by atoms with Crippen molar-refractivity contribution in [2.75, 3.05) is 6.61 Å². The Morgan fingerprint density at radius 1 is 0.762 bits per heavy atom. The summed E-state index contributed by atoms with van der Waals surface area (Å²) in [6.07, 6.45) is 10.4. The highest BCUT2D eigenvalue weighted by molar-refractivity contribution is 6.33. The van der Waals surface area contributed by atoms with Crippen LogP contribution < -0.4 is 14.8 Å². The fraction of sp³-hybridized carbons (Fsp3) is 0.235. The molecule has 4 rings (SSSR count). The number of carbonyl (C=O) groups is 4. The van der Waals surface area contributed by atoms with Crippen LogP contribution in [-0.4, -0.2) is 30.2 Å². The average Bonchev–Trinajstić information content (AvgIpc) is 3.33. The summed E-state index contributed by atoms with van der Waals surface area (Å²) in [6, 6.07) is 19.4. The zero-order valence-corrected chi connectivity index (χ0v) is 23.1. The summed E-state index contributed by atoms with van der Waals surface area (Å²) in [6.45, 7) is 0.590. The van der Waals surface area contributed by atoms with E-state index in [4.69, 9.17) is 9.47 Å². The van der Waals surface area contributed by atoms with E-state index in [9.17, 15) is 23.6 Å². The molecule has 7 nitrogen and oxygen atoms in total. The van der Waals surface area contributed by atoms with Crippen LogP contribution in [0.1, 0.15) is 66.4 Å². The maximum Gasteiger partial charge on any atom is 0.311 e. The fourth-order valence-corrected chi connectivity index (χ4v) is 4.34. The number of ketones is 1. The van der Waals surface area contributed by atoms with Crippen molar-refractivity contribution in [1.82, 2.24) is 5.32 Å². The van der Waals surface area contributed by atoms with Crippen molar-refractivity contribution >= 4 is 35.2 Å². The van der Waals surface area contributed by atoms with Crippen molar-refractivity contribution in [2.24, 2.45) is 0 Å². The highest BCUT2D eigenvalue weighted by Crippen LogP contribution is 2.22. The zero-order valence-electron chi connectivity index (χ0n) is 23.1. The van der Waals surface area contributed by atoms with Gasteiger partial charge in [-0.3, -0.25) is 24.5 Å². The van der Waals surface area contributed by atoms with Gasteiger partial charge in [0, 0.05) is 18.1 Å². The smallest absolute Gasteiger partial charge is 0.311 e. The molecule has 3 aromatic carbocycles. The Hall–Kier alpha value is -4.85. The molecule has 0 saturated heterocycles. The molecular weight excluding hydrogens is 537 g/mol. The first-order chi connectivity index (χ1) is 20.4. The van der Waals surface area contributed by atoms with E-state index in [1.807, 2.05) is 0 Å². The second-order valence-electron chi connectivity index (χ2n) is 9.87. The number of hydrogen-bond acceptors (Lipinski definition) is 6. The Morgan fingerprint density at radius 2 is 1.40 bits per heavy atom. The molecule has 0 radical (unpaired) electrons. The van der Waals surface area contributed by atoms with Crippen LogP contribution in [0, 0.1) is 5.82 Å². The van der Waals surface area contributed by atoms with Gasteiger partial charge in [0.2, 0.25) is 0 Å². The number of nitrogens with one attached hydrogen (secondary N) is 1. The van der Waals surface area contributed by atoms with Gasteiger partial charge in [0.05, 0.1) is 12.2 Å². The minimum absolute atomic E-state index is 0.225. The Bertz CT molecular complexity index is 1460. The number of amides is 2. The van der Waals surface area contributed by atoms with E-state index in [-0.39, 0.29) is 17.7 Å². The fourth-order valence-electron chi connectivity index (χ4n) is 4.34. The third kappa shape index (κ3) is 9.37. The van der Waals surface area contributed by atoms with Gasteiger partial charge >= 0.3 is 5.97 Å². The molecule has 1 aliphatic rings. The number of carbonyl (C=O) groups excluding carboxylic acids is 4. The van der Waals surface area contributed by atoms with Crippen LogP contribution in [-0.2, 0) is 14.4 Å². The number of hydrogen-bond donors (Lipinski definition) is 1. The highest BCUT2D eigenvalue weighted by atomic mass is 19.1. The van der Waals surface area contributed by atoms with Gasteiger partial charge in [0.15, 0.2) is 5.78 Å². The summed E-state index contributed by atoms with van der Waals surface area (Å²) in [5.41, 5.74) is 2.22. The lowest BCUT2D eigenvalue weighted by atomic mass is 10.1. The molecule has 0 aliphatic carbocycles. The molecule has 0 aromatic heterocycles. The SMILES string of the molecule is O=C1C=C(c2ccc(OCCCCCCCCC(=O)Oc3ccc(C=CC(=O)c4ccc(F)cc4)cc3)cc2)C(=O)N1. The predicted molar refractivity (Wildman–Crippen MR) is 157 cm³/mol. The van der Waals surface area contributed by atoms with Crippen LogP contribution in [0.5, 0.6) is 11.5 Å². The Morgan fingerprint density at radius 3 is 2.07 bits per heavy atom. The highest BCUT2D eigenvalue weighted by Gasteiger charge is 2.21. The van der Waals surface area contributed by atoms with Crippen molar-refractivity contribution in [3.05, 3.63) is 107 Å². The number of halogens is 1. The quantitative estimate of drug-likeness (QED) is 0.0562. The summed E-state index contributed by atoms with van der Waals surface area (Å²) in [5, 5.41) is 2.23. The topological polar surface area (TPSA) is 98.8 Å². The van der Waals surface area contributed by atoms with E-state index in [2.05, 4.69) is 5.32 Å². The number of ether oxygens (including phenoxy) is 2. The molecule has 1 aliphatic heterocycles. The van der Waals surface area contributed by atoms with Gasteiger partial charge < -0.3 is 9.47 Å². The number of unbranched alkanes of at least 4 members (excludes halogenated alkanes) is 5. The largest absolute Gasteiger partial charge is 0.494 e. The van der Waals surface area contributed by atoms with Crippen molar-refractivity contribution in [2.45, 2.75) is 44.9 Å². The summed E-state index contributed by atoms with van der Waals surface area (Å²) in [5.74, 6) is -0.515. The maximum atomic E-state index is 13.0. The zero-order chi connectivity index (χ0) is 29.7. The minimum atomic E-state index is -0.399. The minimum Gasteiger partial charge on any atom is -0.494 e. The number of allylic oxidation sites excluding steroid dienone is 1. The molecule has 0 spiro atoms. The van der Waals surface area contributed by atoms with Gasteiger partial charge in [-0.2, -0.15) is 0 Å². The van der Waals surface area contributed by atoms with Crippen molar-refractivity contribution in [3.8, 4) is 11.5 Å². The molecule has 42 heavy (non-hydrogen) atoms. The molecule has 0 bridgehead atoms. The normalized spacial score (nSPS) is 12.7. The van der Waals surface area contributed by atoms with E-state index in [1.165, 1.54) is 36.4 Å². The summed E-state index contributed by atoms with van der Waals surface area (Å²) >= 11 is 0. The molecule has 0 saturated carbocycles. The average molecular weight is 570 g/mol. The lowest BCUT2D eigenvalue weighted by Crippen LogP contribution is -2.21. The number of rotatable bonds is 15. The van der Waals surface area contributed by atoms with Gasteiger partial charge in [-0.1, -0.05) is 56.0 Å². The molecule has 1 N–H and O–H groups in total. The van der Waals surface area contributed by atoms with Gasteiger partial charge in [-0.25, -0.2) is 4.39 Å². The summed E-state index contributed by atoms with van der Waals surface area (Å²) in [7, 11) is 0. The monoisotopic (exact) mass is 569 g/mol. The van der Waals surface area contributed by atoms with E-state index in [0.29, 0.717) is 41.2 Å². The Labute approximate surface area is 244 Å². The molecule has 0 atom stereocenters. The Kier molecular flexibility index (Phi) is 10.9. The molecule has 0 fully saturated rings. The maximum absolute atomic E-state index is 13.0. The predicted octanol–water partition coefficient (Wildman–Crippen LogP) is 6.48. The van der Waals surface area contributed by atoms with Crippen LogP contribution in [0.4, 0.5) is 4.39 Å². The molecule has 8 heteroatoms. The first-order valence-electron chi connectivity index (χ1n) is 14.0. The van der Waals surface area contributed by atoms with Crippen molar-refractivity contribution in [3.63, 3.8) is 0 Å². The first-order valence-corrected chi connectivity index (χ1v) is 14.0. The molecular formula is C34H32FNO6. The van der Waals surface area contributed by atoms with E-state index in [1.54, 1.807) is 54.6 Å². The Balaban J connectivity index is 1.04. The lowest BCUT2D eigenvalue weighted by Gasteiger charge is -2.07. The van der Waals surface area contributed by atoms with E-state index >= 15 is 0 Å². The van der Waals surface area contributed by atoms with Crippen molar-refractivity contribution in [1.29, 1.82) is 0 Å². The first kappa shape index (κ1) is 30.1. The molecule has 2 amide bonds. The molecule has 0 unspecified atom stereocenters. The van der Waals surface area contributed by atoms with Gasteiger partial charge in [-0.15, -0.1) is 0 Å². The van der Waals surface area contributed by atoms with Crippen LogP contribution in [0.15, 0.2) is 84.9 Å². The molecule has 1 heterocycles. The van der Waals surface area contributed by atoms with Gasteiger partial charge in [0.25, 0.3) is 11.8 Å². The standard InChI is InChI=1S/C34H32FNO6/c35-27-15-11-26(12-16-27)31(37)21-10-24-8-17-29(18-9-24)42-33(39)7-5-3-1-2-4-6-22-41-28-19-13-25(14-20-28)30-23-32(38)36-34(30)40/h8-21,23H,1-7,22H2,(H,36,38,40). The van der Waals surface area contributed by atoms with Crippen LogP contribution in [0.2, 0.25) is 0 Å². The van der Waals surface area contributed by atoms with E-state index < -0.39 is 11.7 Å². The van der Waals surface area contributed by atoms with Crippen molar-refractivity contribution < 1.29 is 33.0 Å². The second-order valence-corrected chi connectivity index (χ2v) is 9.87. The number of imide groups is 1. The lowest BCUT2D eigenvalue weighted by molar-refractivity contribution is -0.134. The van der Waals surface area contributed by atoms with Gasteiger partial charge in [-0.05, 0) is 78.6 Å². The molecule has 3 aromatic rings. The van der Waals surface area contributed by atoms with Crippen LogP contribution in [0.3, 0.4) is 0 Å². The number of benzene rings is 3. The third-order valence-electron chi connectivity index (χ3n) is 6.63. The number of esters is 1.